The number of rotatable bonds is 4. The van der Waals surface area contributed by atoms with Gasteiger partial charge in [-0.2, -0.15) is 0 Å². The second-order valence-corrected chi connectivity index (χ2v) is 8.37. The number of oxazole rings is 1. The number of imidazole rings is 1. The molecule has 0 atom stereocenters. The predicted molar refractivity (Wildman–Crippen MR) is 114 cm³/mol. The normalized spacial score (nSPS) is 14.0. The maximum Gasteiger partial charge on any atom is 0.236 e. The summed E-state index contributed by atoms with van der Waals surface area (Å²) in [5.41, 5.74) is 3.52. The fraction of sp³-hybridized carbons (Fsp3) is 0.318. The zero-order valence-electron chi connectivity index (χ0n) is 16.3. The molecule has 0 aliphatic carbocycles. The van der Waals surface area contributed by atoms with Gasteiger partial charge >= 0.3 is 0 Å². The number of benzene rings is 1. The molecule has 1 aliphatic rings. The van der Waals surface area contributed by atoms with Crippen LogP contribution in [0.15, 0.2) is 40.1 Å². The van der Waals surface area contributed by atoms with Gasteiger partial charge in [-0.3, -0.25) is 4.79 Å². The quantitative estimate of drug-likeness (QED) is 0.519. The molecular weight excluding hydrogens is 384 g/mol. The van der Waals surface area contributed by atoms with E-state index in [0.29, 0.717) is 17.3 Å². The minimum absolute atomic E-state index is 0.112. The van der Waals surface area contributed by atoms with Crippen molar-refractivity contribution in [2.24, 2.45) is 0 Å². The van der Waals surface area contributed by atoms with Gasteiger partial charge < -0.3 is 14.3 Å². The molecule has 0 saturated carbocycles. The molecule has 0 fully saturated rings. The molecule has 148 valence electrons. The first-order valence-corrected chi connectivity index (χ1v) is 10.8. The molecule has 0 unspecified atom stereocenters. The number of aromatic nitrogens is 3. The molecule has 29 heavy (non-hydrogen) atoms. The molecule has 7 heteroatoms. The molecular formula is C22H22N4O2S. The van der Waals surface area contributed by atoms with Gasteiger partial charge in [-0.05, 0) is 49.4 Å². The van der Waals surface area contributed by atoms with E-state index in [4.69, 9.17) is 9.40 Å². The van der Waals surface area contributed by atoms with Crippen molar-refractivity contribution in [3.8, 4) is 10.8 Å². The van der Waals surface area contributed by atoms with E-state index in [2.05, 4.69) is 20.9 Å². The second-order valence-electron chi connectivity index (χ2n) is 7.42. The van der Waals surface area contributed by atoms with Crippen LogP contribution in [0, 0.1) is 6.92 Å². The Morgan fingerprint density at radius 1 is 1.24 bits per heavy atom. The predicted octanol–water partition coefficient (Wildman–Crippen LogP) is 4.97. The molecule has 5 rings (SSSR count). The van der Waals surface area contributed by atoms with E-state index < -0.39 is 0 Å². The van der Waals surface area contributed by atoms with E-state index in [1.807, 2.05) is 36.6 Å². The Labute approximate surface area is 172 Å². The molecule has 4 heterocycles. The van der Waals surface area contributed by atoms with Crippen molar-refractivity contribution in [2.45, 2.75) is 45.6 Å². The van der Waals surface area contributed by atoms with Gasteiger partial charge in [-0.1, -0.05) is 12.5 Å². The number of aryl methyl sites for hydroxylation is 3. The average Bonchev–Trinajstić information content (AvgIpc) is 3.38. The topological polar surface area (TPSA) is 73.0 Å². The maximum absolute atomic E-state index is 12.6. The van der Waals surface area contributed by atoms with Crippen LogP contribution in [-0.4, -0.2) is 20.4 Å². The van der Waals surface area contributed by atoms with Crippen molar-refractivity contribution in [1.29, 1.82) is 0 Å². The number of carbonyl (C=O) groups excluding carboxylic acids is 1. The highest BCUT2D eigenvalue weighted by atomic mass is 32.1. The molecule has 1 aliphatic heterocycles. The van der Waals surface area contributed by atoms with Crippen LogP contribution in [0.5, 0.6) is 0 Å². The van der Waals surface area contributed by atoms with Gasteiger partial charge in [0.2, 0.25) is 11.8 Å². The number of hydrogen-bond donors (Lipinski definition) is 1. The lowest BCUT2D eigenvalue weighted by molar-refractivity contribution is -0.115. The molecule has 1 N–H and O–H groups in total. The Bertz CT molecular complexity index is 1170. The summed E-state index contributed by atoms with van der Waals surface area (Å²) in [5, 5.41) is 4.96. The van der Waals surface area contributed by atoms with Crippen LogP contribution in [0.25, 0.3) is 21.8 Å². The fourth-order valence-corrected chi connectivity index (χ4v) is 4.53. The largest absolute Gasteiger partial charge is 0.440 e. The first-order chi connectivity index (χ1) is 14.2. The van der Waals surface area contributed by atoms with Gasteiger partial charge in [0.05, 0.1) is 28.0 Å². The Hall–Kier alpha value is -2.93. The number of thiophene rings is 1. The maximum atomic E-state index is 12.6. The second kappa shape index (κ2) is 7.48. The lowest BCUT2D eigenvalue weighted by Crippen LogP contribution is -2.15. The van der Waals surface area contributed by atoms with E-state index in [-0.39, 0.29) is 12.3 Å². The van der Waals surface area contributed by atoms with Crippen LogP contribution in [-0.2, 0) is 24.2 Å². The summed E-state index contributed by atoms with van der Waals surface area (Å²) < 4.78 is 8.05. The van der Waals surface area contributed by atoms with Crippen molar-refractivity contribution in [2.75, 3.05) is 5.32 Å². The van der Waals surface area contributed by atoms with Crippen molar-refractivity contribution < 1.29 is 9.21 Å². The third kappa shape index (κ3) is 3.58. The van der Waals surface area contributed by atoms with Crippen LogP contribution in [0.3, 0.4) is 0 Å². The first kappa shape index (κ1) is 18.1. The number of nitrogens with one attached hydrogen (secondary N) is 1. The zero-order chi connectivity index (χ0) is 19.8. The highest BCUT2D eigenvalue weighted by Gasteiger charge is 2.17. The third-order valence-electron chi connectivity index (χ3n) is 5.35. The Balaban J connectivity index is 1.32. The number of fused-ring (bicyclic) bond motifs is 3. The van der Waals surface area contributed by atoms with Crippen LogP contribution in [0.2, 0.25) is 0 Å². The molecule has 1 amide bonds. The highest BCUT2D eigenvalue weighted by molar-refractivity contribution is 7.13. The average molecular weight is 407 g/mol. The molecule has 0 bridgehead atoms. The van der Waals surface area contributed by atoms with Gasteiger partial charge in [0.15, 0.2) is 0 Å². The van der Waals surface area contributed by atoms with Gasteiger partial charge in [0.25, 0.3) is 0 Å². The van der Waals surface area contributed by atoms with E-state index in [9.17, 15) is 4.79 Å². The molecule has 4 aromatic rings. The minimum Gasteiger partial charge on any atom is -0.440 e. The summed E-state index contributed by atoms with van der Waals surface area (Å²) in [5.74, 6) is 2.29. The number of hydrogen-bond acceptors (Lipinski definition) is 5. The Morgan fingerprint density at radius 3 is 3.03 bits per heavy atom. The minimum atomic E-state index is -0.112. The first-order valence-electron chi connectivity index (χ1n) is 9.96. The summed E-state index contributed by atoms with van der Waals surface area (Å²) in [6.45, 7) is 2.87. The number of nitrogens with zero attached hydrogens (tertiary/aromatic N) is 3. The Kier molecular flexibility index (Phi) is 4.67. The molecule has 0 radical (unpaired) electrons. The fourth-order valence-electron chi connectivity index (χ4n) is 3.88. The zero-order valence-corrected chi connectivity index (χ0v) is 17.1. The van der Waals surface area contributed by atoms with Crippen molar-refractivity contribution in [1.82, 2.24) is 14.5 Å². The molecule has 0 saturated heterocycles. The smallest absolute Gasteiger partial charge is 0.236 e. The van der Waals surface area contributed by atoms with Gasteiger partial charge in [-0.15, -0.1) is 11.3 Å². The van der Waals surface area contributed by atoms with Crippen LogP contribution in [0.4, 0.5) is 5.69 Å². The van der Waals surface area contributed by atoms with E-state index in [1.165, 1.54) is 19.3 Å². The summed E-state index contributed by atoms with van der Waals surface area (Å²) >= 11 is 1.57. The summed E-state index contributed by atoms with van der Waals surface area (Å²) in [6.07, 6.45) is 4.85. The molecule has 0 spiro atoms. The van der Waals surface area contributed by atoms with E-state index >= 15 is 0 Å². The van der Waals surface area contributed by atoms with Crippen LogP contribution < -0.4 is 5.32 Å². The van der Waals surface area contributed by atoms with Crippen molar-refractivity contribution >= 4 is 34.0 Å². The number of amides is 1. The lowest BCUT2D eigenvalue weighted by atomic mass is 10.2. The van der Waals surface area contributed by atoms with Crippen molar-refractivity contribution in [3.05, 3.63) is 53.0 Å². The Morgan fingerprint density at radius 2 is 2.17 bits per heavy atom. The van der Waals surface area contributed by atoms with E-state index in [0.717, 1.165) is 40.4 Å². The SMILES string of the molecule is Cc1oc(-c2cccs2)nc1CC(=O)Nc1ccc2c(c1)nc1n2CCCCC1. The molecule has 6 nitrogen and oxygen atoms in total. The van der Waals surface area contributed by atoms with Crippen LogP contribution >= 0.6 is 11.3 Å². The summed E-state index contributed by atoms with van der Waals surface area (Å²) in [6, 6.07) is 9.89. The van der Waals surface area contributed by atoms with Gasteiger partial charge in [0.1, 0.15) is 11.6 Å². The summed E-state index contributed by atoms with van der Waals surface area (Å²) in [7, 11) is 0. The third-order valence-corrected chi connectivity index (χ3v) is 6.20. The number of anilines is 1. The van der Waals surface area contributed by atoms with Crippen LogP contribution in [0.1, 0.15) is 36.5 Å². The summed E-state index contributed by atoms with van der Waals surface area (Å²) in [4.78, 5) is 22.9. The molecule has 1 aromatic carbocycles. The van der Waals surface area contributed by atoms with Gasteiger partial charge in [0, 0.05) is 18.7 Å². The van der Waals surface area contributed by atoms with Crippen molar-refractivity contribution in [3.63, 3.8) is 0 Å². The molecule has 3 aromatic heterocycles. The lowest BCUT2D eigenvalue weighted by Gasteiger charge is -2.06. The highest BCUT2D eigenvalue weighted by Crippen LogP contribution is 2.27. The van der Waals surface area contributed by atoms with E-state index in [1.54, 1.807) is 11.3 Å². The monoisotopic (exact) mass is 406 g/mol. The standard InChI is InChI=1S/C22H22N4O2S/c1-14-16(25-22(28-14)19-6-5-11-29-19)13-21(27)23-15-8-9-18-17(12-15)24-20-7-3-2-4-10-26(18)20/h5-6,8-9,11-12H,2-4,7,10,13H2,1H3,(H,23,27). The van der Waals surface area contributed by atoms with Gasteiger partial charge in [-0.25, -0.2) is 9.97 Å². The number of carbonyl (C=O) groups is 1.